The number of halogens is 1. The molecule has 0 atom stereocenters. The zero-order valence-electron chi connectivity index (χ0n) is 14.9. The van der Waals surface area contributed by atoms with Crippen molar-refractivity contribution < 1.29 is 4.79 Å². The van der Waals surface area contributed by atoms with Crippen molar-refractivity contribution in [3.05, 3.63) is 70.7 Å². The first-order valence-corrected chi connectivity index (χ1v) is 9.16. The van der Waals surface area contributed by atoms with Crippen LogP contribution in [0.5, 0.6) is 0 Å². The SMILES string of the molecule is CC(C)(C(=O)N1CCN(Cc2ccc(Cl)cc2)CC1)c1ccccc1. The van der Waals surface area contributed by atoms with Crippen molar-refractivity contribution in [2.24, 2.45) is 0 Å². The number of benzene rings is 2. The second-order valence-electron chi connectivity index (χ2n) is 7.19. The van der Waals surface area contributed by atoms with Gasteiger partial charge in [-0.3, -0.25) is 9.69 Å². The Bertz CT molecular complexity index is 704. The summed E-state index contributed by atoms with van der Waals surface area (Å²) in [5.41, 5.74) is 1.84. The van der Waals surface area contributed by atoms with Gasteiger partial charge in [0.05, 0.1) is 5.41 Å². The molecule has 25 heavy (non-hydrogen) atoms. The summed E-state index contributed by atoms with van der Waals surface area (Å²) in [7, 11) is 0. The van der Waals surface area contributed by atoms with Gasteiger partial charge in [-0.15, -0.1) is 0 Å². The highest BCUT2D eigenvalue weighted by Crippen LogP contribution is 2.26. The summed E-state index contributed by atoms with van der Waals surface area (Å²) >= 11 is 5.94. The summed E-state index contributed by atoms with van der Waals surface area (Å²) in [4.78, 5) is 17.4. The van der Waals surface area contributed by atoms with Crippen LogP contribution >= 0.6 is 11.6 Å². The topological polar surface area (TPSA) is 23.6 Å². The van der Waals surface area contributed by atoms with E-state index in [1.165, 1.54) is 5.56 Å². The van der Waals surface area contributed by atoms with E-state index in [0.717, 1.165) is 43.3 Å². The molecule has 1 heterocycles. The van der Waals surface area contributed by atoms with E-state index in [-0.39, 0.29) is 5.91 Å². The van der Waals surface area contributed by atoms with Gasteiger partial charge in [0.2, 0.25) is 5.91 Å². The van der Waals surface area contributed by atoms with Crippen LogP contribution in [0.2, 0.25) is 5.02 Å². The van der Waals surface area contributed by atoms with Crippen LogP contribution in [0.1, 0.15) is 25.0 Å². The predicted octanol–water partition coefficient (Wildman–Crippen LogP) is 3.96. The maximum absolute atomic E-state index is 13.0. The fourth-order valence-corrected chi connectivity index (χ4v) is 3.46. The minimum Gasteiger partial charge on any atom is -0.339 e. The third-order valence-corrected chi connectivity index (χ3v) is 5.26. The fraction of sp³-hybridized carbons (Fsp3) is 0.381. The molecule has 2 aromatic rings. The normalized spacial score (nSPS) is 16.0. The highest BCUT2D eigenvalue weighted by atomic mass is 35.5. The van der Waals surface area contributed by atoms with E-state index < -0.39 is 5.41 Å². The van der Waals surface area contributed by atoms with Crippen LogP contribution in [0.3, 0.4) is 0 Å². The number of carbonyl (C=O) groups excluding carboxylic acids is 1. The molecule has 1 saturated heterocycles. The van der Waals surface area contributed by atoms with E-state index >= 15 is 0 Å². The van der Waals surface area contributed by atoms with Gasteiger partial charge in [0, 0.05) is 37.7 Å². The molecule has 0 N–H and O–H groups in total. The van der Waals surface area contributed by atoms with Gasteiger partial charge in [-0.2, -0.15) is 0 Å². The molecule has 1 aliphatic rings. The number of piperazine rings is 1. The number of hydrogen-bond donors (Lipinski definition) is 0. The van der Waals surface area contributed by atoms with Crippen molar-refractivity contribution in [1.29, 1.82) is 0 Å². The van der Waals surface area contributed by atoms with Gasteiger partial charge in [-0.25, -0.2) is 0 Å². The summed E-state index contributed by atoms with van der Waals surface area (Å²) in [6.45, 7) is 8.31. The van der Waals surface area contributed by atoms with Crippen LogP contribution in [-0.2, 0) is 16.8 Å². The standard InChI is InChI=1S/C21H25ClN2O/c1-21(2,18-6-4-3-5-7-18)20(25)24-14-12-23(13-15-24)16-17-8-10-19(22)11-9-17/h3-11H,12-16H2,1-2H3. The molecule has 0 aliphatic carbocycles. The lowest BCUT2D eigenvalue weighted by Crippen LogP contribution is -2.52. The van der Waals surface area contributed by atoms with Gasteiger partial charge in [0.15, 0.2) is 0 Å². The molecular formula is C21H25ClN2O. The molecule has 2 aromatic carbocycles. The average molecular weight is 357 g/mol. The third-order valence-electron chi connectivity index (χ3n) is 5.01. The van der Waals surface area contributed by atoms with Gasteiger partial charge in [-0.1, -0.05) is 54.1 Å². The molecule has 1 amide bonds. The molecule has 4 heteroatoms. The van der Waals surface area contributed by atoms with Crippen molar-refractivity contribution in [3.8, 4) is 0 Å². The third kappa shape index (κ3) is 4.23. The second kappa shape index (κ2) is 7.59. The first-order chi connectivity index (χ1) is 12.0. The maximum Gasteiger partial charge on any atom is 0.232 e. The van der Waals surface area contributed by atoms with Crippen molar-refractivity contribution in [1.82, 2.24) is 9.80 Å². The highest BCUT2D eigenvalue weighted by Gasteiger charge is 2.34. The lowest BCUT2D eigenvalue weighted by molar-refractivity contribution is -0.138. The number of nitrogens with zero attached hydrogens (tertiary/aromatic N) is 2. The Morgan fingerprint density at radius 1 is 0.960 bits per heavy atom. The van der Waals surface area contributed by atoms with Gasteiger partial charge < -0.3 is 4.90 Å². The zero-order valence-corrected chi connectivity index (χ0v) is 15.7. The van der Waals surface area contributed by atoms with Crippen molar-refractivity contribution in [2.75, 3.05) is 26.2 Å². The minimum atomic E-state index is -0.486. The smallest absolute Gasteiger partial charge is 0.232 e. The number of amides is 1. The molecule has 0 spiro atoms. The van der Waals surface area contributed by atoms with Gasteiger partial charge in [0.1, 0.15) is 0 Å². The van der Waals surface area contributed by atoms with E-state index in [9.17, 15) is 4.79 Å². The summed E-state index contributed by atoms with van der Waals surface area (Å²) in [6.07, 6.45) is 0. The summed E-state index contributed by atoms with van der Waals surface area (Å²) in [5, 5.41) is 0.766. The molecule has 0 unspecified atom stereocenters. The molecule has 0 bridgehead atoms. The second-order valence-corrected chi connectivity index (χ2v) is 7.62. The van der Waals surface area contributed by atoms with Gasteiger partial charge in [-0.05, 0) is 37.1 Å². The molecule has 1 fully saturated rings. The van der Waals surface area contributed by atoms with Gasteiger partial charge >= 0.3 is 0 Å². The van der Waals surface area contributed by atoms with Crippen LogP contribution in [0, 0.1) is 0 Å². The van der Waals surface area contributed by atoms with E-state index in [4.69, 9.17) is 11.6 Å². The Hall–Kier alpha value is -1.84. The molecule has 0 saturated carbocycles. The Balaban J connectivity index is 1.58. The largest absolute Gasteiger partial charge is 0.339 e. The number of carbonyl (C=O) groups is 1. The first kappa shape index (κ1) is 18.0. The van der Waals surface area contributed by atoms with Crippen molar-refractivity contribution in [2.45, 2.75) is 25.8 Å². The number of hydrogen-bond acceptors (Lipinski definition) is 2. The molecule has 1 aliphatic heterocycles. The monoisotopic (exact) mass is 356 g/mol. The molecule has 0 radical (unpaired) electrons. The van der Waals surface area contributed by atoms with E-state index in [1.54, 1.807) is 0 Å². The van der Waals surface area contributed by atoms with E-state index in [1.807, 2.05) is 61.2 Å². The average Bonchev–Trinajstić information content (AvgIpc) is 2.64. The lowest BCUT2D eigenvalue weighted by atomic mass is 9.83. The summed E-state index contributed by atoms with van der Waals surface area (Å²) in [5.74, 6) is 0.213. The minimum absolute atomic E-state index is 0.213. The molecule has 3 rings (SSSR count). The van der Waals surface area contributed by atoms with Gasteiger partial charge in [0.25, 0.3) is 0 Å². The summed E-state index contributed by atoms with van der Waals surface area (Å²) in [6, 6.07) is 18.0. The van der Waals surface area contributed by atoms with Crippen LogP contribution in [0.4, 0.5) is 0 Å². The predicted molar refractivity (Wildman–Crippen MR) is 103 cm³/mol. The Labute approximate surface area is 155 Å². The highest BCUT2D eigenvalue weighted by molar-refractivity contribution is 6.30. The molecule has 0 aromatic heterocycles. The number of rotatable bonds is 4. The van der Waals surface area contributed by atoms with Crippen LogP contribution in [0.25, 0.3) is 0 Å². The lowest BCUT2D eigenvalue weighted by Gasteiger charge is -2.38. The van der Waals surface area contributed by atoms with Crippen LogP contribution in [-0.4, -0.2) is 41.9 Å². The molecule has 132 valence electrons. The molecular weight excluding hydrogens is 332 g/mol. The Morgan fingerprint density at radius 3 is 2.16 bits per heavy atom. The van der Waals surface area contributed by atoms with Crippen LogP contribution < -0.4 is 0 Å². The zero-order chi connectivity index (χ0) is 17.9. The van der Waals surface area contributed by atoms with Crippen LogP contribution in [0.15, 0.2) is 54.6 Å². The van der Waals surface area contributed by atoms with Crippen molar-refractivity contribution in [3.63, 3.8) is 0 Å². The fourth-order valence-electron chi connectivity index (χ4n) is 3.33. The Morgan fingerprint density at radius 2 is 1.56 bits per heavy atom. The van der Waals surface area contributed by atoms with E-state index in [0.29, 0.717) is 0 Å². The molecule has 3 nitrogen and oxygen atoms in total. The first-order valence-electron chi connectivity index (χ1n) is 8.78. The van der Waals surface area contributed by atoms with E-state index in [2.05, 4.69) is 17.0 Å². The summed E-state index contributed by atoms with van der Waals surface area (Å²) < 4.78 is 0. The quantitative estimate of drug-likeness (QED) is 0.827. The maximum atomic E-state index is 13.0. The van der Waals surface area contributed by atoms with Crippen molar-refractivity contribution >= 4 is 17.5 Å². The Kier molecular flexibility index (Phi) is 5.45.